The lowest BCUT2D eigenvalue weighted by Gasteiger charge is -2.26. The zero-order valence-electron chi connectivity index (χ0n) is 11.0. The molecule has 1 rings (SSSR count). The Morgan fingerprint density at radius 2 is 2.29 bits per heavy atom. The van der Waals surface area contributed by atoms with Crippen molar-refractivity contribution in [3.63, 3.8) is 0 Å². The third-order valence-electron chi connectivity index (χ3n) is 3.35. The summed E-state index contributed by atoms with van der Waals surface area (Å²) in [5.74, 6) is -0.0963. The van der Waals surface area contributed by atoms with Crippen LogP contribution in [-0.4, -0.2) is 47.8 Å². The summed E-state index contributed by atoms with van der Waals surface area (Å²) < 4.78 is 4.88. The number of rotatable bonds is 7. The number of aliphatic hydroxyl groups excluding tert-OH is 1. The van der Waals surface area contributed by atoms with Crippen molar-refractivity contribution in [1.29, 1.82) is 0 Å². The van der Waals surface area contributed by atoms with Gasteiger partial charge in [0.2, 0.25) is 0 Å². The van der Waals surface area contributed by atoms with Gasteiger partial charge in [-0.15, -0.1) is 0 Å². The van der Waals surface area contributed by atoms with E-state index in [2.05, 4.69) is 4.90 Å². The first kappa shape index (κ1) is 14.5. The van der Waals surface area contributed by atoms with Crippen LogP contribution in [0, 0.1) is 0 Å². The van der Waals surface area contributed by atoms with E-state index in [0.717, 1.165) is 32.4 Å². The molecular weight excluding hydrogens is 218 g/mol. The Morgan fingerprint density at radius 1 is 1.53 bits per heavy atom. The monoisotopic (exact) mass is 243 g/mol. The second-order valence-corrected chi connectivity index (χ2v) is 4.75. The second-order valence-electron chi connectivity index (χ2n) is 4.75. The number of hydrogen-bond acceptors (Lipinski definition) is 4. The quantitative estimate of drug-likeness (QED) is 0.544. The van der Waals surface area contributed by atoms with E-state index in [9.17, 15) is 9.90 Å². The van der Waals surface area contributed by atoms with Crippen LogP contribution in [0.25, 0.3) is 0 Å². The van der Waals surface area contributed by atoms with Gasteiger partial charge in [-0.3, -0.25) is 9.69 Å². The Bertz CT molecular complexity index is 231. The first-order chi connectivity index (χ1) is 8.15. The Morgan fingerprint density at radius 3 is 2.94 bits per heavy atom. The van der Waals surface area contributed by atoms with Gasteiger partial charge in [-0.1, -0.05) is 0 Å². The number of esters is 1. The zero-order valence-corrected chi connectivity index (χ0v) is 11.0. The van der Waals surface area contributed by atoms with E-state index in [1.54, 1.807) is 0 Å². The van der Waals surface area contributed by atoms with E-state index in [4.69, 9.17) is 4.74 Å². The molecule has 1 aliphatic heterocycles. The van der Waals surface area contributed by atoms with Gasteiger partial charge in [0.25, 0.3) is 0 Å². The summed E-state index contributed by atoms with van der Waals surface area (Å²) in [7, 11) is 0. The Hall–Kier alpha value is -0.610. The van der Waals surface area contributed by atoms with Crippen molar-refractivity contribution in [3.05, 3.63) is 0 Å². The van der Waals surface area contributed by atoms with Gasteiger partial charge in [0.15, 0.2) is 0 Å². The van der Waals surface area contributed by atoms with Gasteiger partial charge in [0.1, 0.15) is 0 Å². The van der Waals surface area contributed by atoms with Crippen LogP contribution < -0.4 is 0 Å². The third-order valence-corrected chi connectivity index (χ3v) is 3.35. The number of aliphatic hydroxyl groups is 1. The van der Waals surface area contributed by atoms with Crippen molar-refractivity contribution in [1.82, 2.24) is 4.90 Å². The Labute approximate surface area is 104 Å². The molecular formula is C13H25NO3. The Kier molecular flexibility index (Phi) is 6.52. The number of carbonyl (C=O) groups is 1. The molecule has 1 saturated heterocycles. The van der Waals surface area contributed by atoms with Gasteiger partial charge in [0, 0.05) is 12.5 Å². The smallest absolute Gasteiger partial charge is 0.305 e. The minimum atomic E-state index is -0.248. The van der Waals surface area contributed by atoms with Crippen LogP contribution in [0.2, 0.25) is 0 Å². The second kappa shape index (κ2) is 7.67. The summed E-state index contributed by atoms with van der Waals surface area (Å²) in [5, 5.41) is 9.62. The van der Waals surface area contributed by atoms with Gasteiger partial charge >= 0.3 is 5.97 Å². The lowest BCUT2D eigenvalue weighted by Crippen LogP contribution is -2.38. The molecule has 0 radical (unpaired) electrons. The van der Waals surface area contributed by atoms with E-state index in [-0.39, 0.29) is 12.1 Å². The molecule has 1 unspecified atom stereocenters. The lowest BCUT2D eigenvalue weighted by molar-refractivity contribution is -0.143. The summed E-state index contributed by atoms with van der Waals surface area (Å²) in [5.41, 5.74) is 0. The maximum Gasteiger partial charge on any atom is 0.305 e. The third kappa shape index (κ3) is 5.04. The molecule has 0 saturated carbocycles. The highest BCUT2D eigenvalue weighted by atomic mass is 16.5. The SMILES string of the molecule is CCOC(=O)CCCCN1CCC[C@@H]1C(C)O. The molecule has 1 heterocycles. The molecule has 0 amide bonds. The minimum Gasteiger partial charge on any atom is -0.466 e. The topological polar surface area (TPSA) is 49.8 Å². The van der Waals surface area contributed by atoms with Gasteiger partial charge < -0.3 is 9.84 Å². The molecule has 0 aliphatic carbocycles. The van der Waals surface area contributed by atoms with Gasteiger partial charge in [-0.05, 0) is 52.6 Å². The lowest BCUT2D eigenvalue weighted by atomic mass is 10.1. The standard InChI is InChI=1S/C13H25NO3/c1-3-17-13(16)8-4-5-9-14-10-6-7-12(14)11(2)15/h11-12,15H,3-10H2,1-2H3/t11?,12-/m1/s1. The molecule has 0 aromatic heterocycles. The summed E-state index contributed by atoms with van der Waals surface area (Å²) in [6.07, 6.45) is 4.41. The van der Waals surface area contributed by atoms with E-state index in [1.165, 1.54) is 6.42 Å². The zero-order chi connectivity index (χ0) is 12.7. The van der Waals surface area contributed by atoms with Crippen LogP contribution >= 0.6 is 0 Å². The molecule has 0 aromatic carbocycles. The van der Waals surface area contributed by atoms with Crippen molar-refractivity contribution < 1.29 is 14.6 Å². The highest BCUT2D eigenvalue weighted by Crippen LogP contribution is 2.20. The van der Waals surface area contributed by atoms with Crippen LogP contribution in [0.1, 0.15) is 46.0 Å². The first-order valence-electron chi connectivity index (χ1n) is 6.73. The summed E-state index contributed by atoms with van der Waals surface area (Å²) in [4.78, 5) is 13.5. The number of carbonyl (C=O) groups excluding carboxylic acids is 1. The molecule has 2 atom stereocenters. The van der Waals surface area contributed by atoms with Crippen molar-refractivity contribution in [2.45, 2.75) is 58.1 Å². The molecule has 1 fully saturated rings. The first-order valence-corrected chi connectivity index (χ1v) is 6.73. The van der Waals surface area contributed by atoms with Crippen molar-refractivity contribution in [2.24, 2.45) is 0 Å². The van der Waals surface area contributed by atoms with Gasteiger partial charge in [-0.2, -0.15) is 0 Å². The summed E-state index contributed by atoms with van der Waals surface area (Å²) in [6.45, 7) is 6.22. The van der Waals surface area contributed by atoms with E-state index in [1.807, 2.05) is 13.8 Å². The van der Waals surface area contributed by atoms with Crippen molar-refractivity contribution in [3.8, 4) is 0 Å². The highest BCUT2D eigenvalue weighted by molar-refractivity contribution is 5.69. The summed E-state index contributed by atoms with van der Waals surface area (Å²) >= 11 is 0. The van der Waals surface area contributed by atoms with E-state index >= 15 is 0 Å². The van der Waals surface area contributed by atoms with Gasteiger partial charge in [-0.25, -0.2) is 0 Å². The maximum absolute atomic E-state index is 11.1. The molecule has 100 valence electrons. The minimum absolute atomic E-state index is 0.0963. The fraction of sp³-hybridized carbons (Fsp3) is 0.923. The van der Waals surface area contributed by atoms with Gasteiger partial charge in [0.05, 0.1) is 12.7 Å². The molecule has 0 spiro atoms. The number of nitrogens with zero attached hydrogens (tertiary/aromatic N) is 1. The molecule has 4 heteroatoms. The summed E-state index contributed by atoms with van der Waals surface area (Å²) in [6, 6.07) is 0.317. The molecule has 17 heavy (non-hydrogen) atoms. The molecule has 0 aromatic rings. The molecule has 0 bridgehead atoms. The average Bonchev–Trinajstić information content (AvgIpc) is 2.73. The number of likely N-dealkylation sites (tertiary alicyclic amines) is 1. The highest BCUT2D eigenvalue weighted by Gasteiger charge is 2.27. The van der Waals surface area contributed by atoms with Crippen molar-refractivity contribution >= 4 is 5.97 Å². The largest absolute Gasteiger partial charge is 0.466 e. The number of hydrogen-bond donors (Lipinski definition) is 1. The van der Waals surface area contributed by atoms with E-state index in [0.29, 0.717) is 19.1 Å². The van der Waals surface area contributed by atoms with Crippen LogP contribution in [0.4, 0.5) is 0 Å². The van der Waals surface area contributed by atoms with Crippen LogP contribution in [0.15, 0.2) is 0 Å². The molecule has 4 nitrogen and oxygen atoms in total. The Balaban J connectivity index is 2.12. The predicted molar refractivity (Wildman–Crippen MR) is 66.8 cm³/mol. The fourth-order valence-corrected chi connectivity index (χ4v) is 2.49. The molecule has 1 aliphatic rings. The van der Waals surface area contributed by atoms with E-state index < -0.39 is 0 Å². The fourth-order valence-electron chi connectivity index (χ4n) is 2.49. The molecule has 1 N–H and O–H groups in total. The number of ether oxygens (including phenoxy) is 1. The van der Waals surface area contributed by atoms with Crippen LogP contribution in [-0.2, 0) is 9.53 Å². The normalized spacial score (nSPS) is 22.6. The predicted octanol–water partition coefficient (Wildman–Crippen LogP) is 1.56. The maximum atomic E-state index is 11.1. The number of unbranched alkanes of at least 4 members (excludes halogenated alkanes) is 1. The van der Waals surface area contributed by atoms with Crippen molar-refractivity contribution in [2.75, 3.05) is 19.7 Å². The van der Waals surface area contributed by atoms with Crippen LogP contribution in [0.3, 0.4) is 0 Å². The average molecular weight is 243 g/mol. The van der Waals surface area contributed by atoms with Crippen LogP contribution in [0.5, 0.6) is 0 Å².